The summed E-state index contributed by atoms with van der Waals surface area (Å²) < 4.78 is 34.5. The van der Waals surface area contributed by atoms with E-state index in [1.54, 1.807) is 6.92 Å². The average molecular weight is 914 g/mol. The Morgan fingerprint density at radius 2 is 1.08 bits per heavy atom. The average Bonchev–Trinajstić information content (AvgIpc) is 3.25. The first-order valence-corrected chi connectivity index (χ1v) is 22.1. The van der Waals surface area contributed by atoms with Gasteiger partial charge in [0, 0.05) is 25.9 Å². The molecule has 0 radical (unpaired) electrons. The number of unbranched alkanes of at least 4 members (excludes halogenated alkanes) is 2. The molecule has 0 bridgehead atoms. The predicted octanol–water partition coefficient (Wildman–Crippen LogP) is -4.18. The smallest absolute Gasteiger partial charge is 0.217 e. The number of rotatable bonds is 22. The summed E-state index contributed by atoms with van der Waals surface area (Å²) in [6.07, 6.45) is -8.31. The normalized spacial score (nSPS) is 34.3. The monoisotopic (exact) mass is 914 g/mol. The summed E-state index contributed by atoms with van der Waals surface area (Å²) in [7, 11) is 2.85. The van der Waals surface area contributed by atoms with Gasteiger partial charge in [-0.2, -0.15) is 0 Å². The standard InChI is InChI=1S/C23H43N3O13.2C9H20N2O/c1-8-14(26-9(2)30)17(32)20(11(6-28)35-8)39-23-15(25-3)18(33)21(12(7-29)37-23)38-22-13(24)16(31)19(34-4)10(5-27)36-22;2*1-7(2)9(12)8(11)5-3-4-6-10/h8,10-23,25,27-29,31-33H,5-7,24H2,1-4H3,(H,26,30);2*7-8H,3-6,10-11H2,1-2H3/t;2*8-/m.10/s1. The van der Waals surface area contributed by atoms with E-state index in [2.05, 4.69) is 10.6 Å². The lowest BCUT2D eigenvalue weighted by Gasteiger charge is -2.50. The number of nitrogens with two attached hydrogens (primary N) is 5. The minimum atomic E-state index is -1.40. The molecule has 3 saturated heterocycles. The molecule has 0 aromatic carbocycles. The summed E-state index contributed by atoms with van der Waals surface area (Å²) in [5, 5.41) is 67.9. The van der Waals surface area contributed by atoms with E-state index < -0.39 is 117 Å². The van der Waals surface area contributed by atoms with Crippen LogP contribution in [0.1, 0.15) is 80.1 Å². The Bertz CT molecular complexity index is 1260. The van der Waals surface area contributed by atoms with Gasteiger partial charge in [0.1, 0.15) is 54.9 Å². The second-order valence-electron chi connectivity index (χ2n) is 16.9. The number of ether oxygens (including phenoxy) is 6. The first kappa shape index (κ1) is 59.1. The number of aliphatic hydroxyl groups excluding tert-OH is 6. The minimum Gasteiger partial charge on any atom is -0.394 e. The maximum atomic E-state index is 11.7. The van der Waals surface area contributed by atoms with Crippen molar-refractivity contribution in [2.75, 3.05) is 47.1 Å². The summed E-state index contributed by atoms with van der Waals surface area (Å²) in [4.78, 5) is 34.2. The van der Waals surface area contributed by atoms with E-state index in [0.29, 0.717) is 13.1 Å². The van der Waals surface area contributed by atoms with Crippen LogP contribution in [-0.4, -0.2) is 199 Å². The van der Waals surface area contributed by atoms with Gasteiger partial charge in [0.25, 0.3) is 0 Å². The van der Waals surface area contributed by atoms with Crippen molar-refractivity contribution in [2.24, 2.45) is 40.5 Å². The second kappa shape index (κ2) is 30.4. The largest absolute Gasteiger partial charge is 0.394 e. The number of amides is 1. The molecule has 17 atom stereocenters. The fourth-order valence-corrected chi connectivity index (χ4v) is 7.52. The van der Waals surface area contributed by atoms with Gasteiger partial charge < -0.3 is 98.4 Å². The van der Waals surface area contributed by atoms with E-state index in [9.17, 15) is 45.0 Å². The number of carbonyl (C=O) groups excluding carboxylic acids is 3. The summed E-state index contributed by atoms with van der Waals surface area (Å²) in [6.45, 7) is 10.2. The minimum absolute atomic E-state index is 0.0536. The Morgan fingerprint density at radius 3 is 1.48 bits per heavy atom. The first-order chi connectivity index (χ1) is 29.7. The number of ketones is 2. The number of hydrogen-bond acceptors (Lipinski definition) is 21. The molecule has 3 aliphatic heterocycles. The number of nitrogens with one attached hydrogen (secondary N) is 2. The molecule has 3 aliphatic rings. The predicted molar refractivity (Wildman–Crippen MR) is 231 cm³/mol. The molecule has 0 aliphatic carbocycles. The second-order valence-corrected chi connectivity index (χ2v) is 16.9. The van der Waals surface area contributed by atoms with Crippen molar-refractivity contribution in [3.8, 4) is 0 Å². The first-order valence-electron chi connectivity index (χ1n) is 22.1. The van der Waals surface area contributed by atoms with Gasteiger partial charge in [0.05, 0.1) is 56.1 Å². The zero-order valence-corrected chi connectivity index (χ0v) is 38.5. The number of methoxy groups -OCH3 is 1. The molecule has 372 valence electrons. The van der Waals surface area contributed by atoms with Crippen molar-refractivity contribution in [2.45, 2.75) is 184 Å². The topological polar surface area (TPSA) is 382 Å². The van der Waals surface area contributed by atoms with Gasteiger partial charge in [-0.15, -0.1) is 0 Å². The van der Waals surface area contributed by atoms with Crippen LogP contribution in [0.4, 0.5) is 0 Å². The van der Waals surface area contributed by atoms with Crippen LogP contribution in [0.15, 0.2) is 0 Å². The molecule has 3 fully saturated rings. The Balaban J connectivity index is 0.000000674. The SMILES string of the molecule is CC(C)C(=O)[C@@H](N)CCCCN.CC(C)C(=O)[C@H](N)CCCCN.CNC1C(OC2C(CO)OC(C)C(NC(C)=O)C2O)OC(CO)C(OC2OC(CO)C(OC)C(O)C2N)C1O. The van der Waals surface area contributed by atoms with Crippen LogP contribution in [0.2, 0.25) is 0 Å². The number of hydrogen-bond donors (Lipinski definition) is 13. The summed E-state index contributed by atoms with van der Waals surface area (Å²) in [5.41, 5.74) is 28.1. The Labute approximate surface area is 372 Å². The van der Waals surface area contributed by atoms with Crippen molar-refractivity contribution < 1.29 is 73.4 Å². The molecular formula is C41H83N7O15. The molecule has 0 saturated carbocycles. The maximum absolute atomic E-state index is 11.7. The van der Waals surface area contributed by atoms with Crippen LogP contribution in [-0.2, 0) is 42.8 Å². The van der Waals surface area contributed by atoms with Crippen LogP contribution in [0.25, 0.3) is 0 Å². The van der Waals surface area contributed by atoms with Crippen molar-refractivity contribution in [1.82, 2.24) is 10.6 Å². The van der Waals surface area contributed by atoms with E-state index in [1.807, 2.05) is 27.7 Å². The summed E-state index contributed by atoms with van der Waals surface area (Å²) in [5.74, 6) is 0.0248. The molecule has 15 unspecified atom stereocenters. The van der Waals surface area contributed by atoms with Gasteiger partial charge in [-0.3, -0.25) is 14.4 Å². The summed E-state index contributed by atoms with van der Waals surface area (Å²) in [6, 6.07) is -3.53. The fourth-order valence-electron chi connectivity index (χ4n) is 7.52. The van der Waals surface area contributed by atoms with E-state index >= 15 is 0 Å². The van der Waals surface area contributed by atoms with E-state index in [-0.39, 0.29) is 35.5 Å². The third-order valence-electron chi connectivity index (χ3n) is 11.3. The number of Topliss-reactive ketones (excluding diaryl/α,β-unsaturated/α-hetero) is 2. The maximum Gasteiger partial charge on any atom is 0.217 e. The molecule has 3 heterocycles. The van der Waals surface area contributed by atoms with Gasteiger partial charge >= 0.3 is 0 Å². The highest BCUT2D eigenvalue weighted by Gasteiger charge is 2.53. The molecule has 0 aromatic rings. The highest BCUT2D eigenvalue weighted by molar-refractivity contribution is 5.85. The quantitative estimate of drug-likeness (QED) is 0.0458. The molecule has 63 heavy (non-hydrogen) atoms. The third-order valence-corrected chi connectivity index (χ3v) is 11.3. The zero-order chi connectivity index (χ0) is 48.1. The van der Waals surface area contributed by atoms with Crippen LogP contribution in [0.5, 0.6) is 0 Å². The lowest BCUT2D eigenvalue weighted by atomic mass is 9.92. The molecule has 3 rings (SSSR count). The van der Waals surface area contributed by atoms with Crippen molar-refractivity contribution >= 4 is 17.5 Å². The van der Waals surface area contributed by atoms with Crippen molar-refractivity contribution in [3.05, 3.63) is 0 Å². The lowest BCUT2D eigenvalue weighted by Crippen LogP contribution is -2.70. The van der Waals surface area contributed by atoms with Gasteiger partial charge in [-0.25, -0.2) is 0 Å². The zero-order valence-electron chi connectivity index (χ0n) is 38.5. The fraction of sp³-hybridized carbons (Fsp3) is 0.927. The molecule has 22 nitrogen and oxygen atoms in total. The van der Waals surface area contributed by atoms with Crippen LogP contribution in [0, 0.1) is 11.8 Å². The Kier molecular flexibility index (Phi) is 28.5. The van der Waals surface area contributed by atoms with Crippen molar-refractivity contribution in [1.29, 1.82) is 0 Å². The number of aliphatic hydroxyl groups is 6. The molecule has 18 N–H and O–H groups in total. The van der Waals surface area contributed by atoms with E-state index in [0.717, 1.165) is 38.5 Å². The van der Waals surface area contributed by atoms with Crippen LogP contribution in [0.3, 0.4) is 0 Å². The van der Waals surface area contributed by atoms with Crippen LogP contribution >= 0.6 is 0 Å². The Hall–Kier alpha value is -1.91. The van der Waals surface area contributed by atoms with Gasteiger partial charge in [0.15, 0.2) is 24.1 Å². The van der Waals surface area contributed by atoms with E-state index in [1.165, 1.54) is 21.1 Å². The molecule has 0 spiro atoms. The van der Waals surface area contributed by atoms with E-state index in [4.69, 9.17) is 57.1 Å². The third kappa shape index (κ3) is 18.0. The van der Waals surface area contributed by atoms with Gasteiger partial charge in [-0.05, 0) is 52.7 Å². The van der Waals surface area contributed by atoms with Gasteiger partial charge in [0.2, 0.25) is 5.91 Å². The summed E-state index contributed by atoms with van der Waals surface area (Å²) >= 11 is 0. The van der Waals surface area contributed by atoms with Gasteiger partial charge in [-0.1, -0.05) is 40.5 Å². The van der Waals surface area contributed by atoms with Crippen molar-refractivity contribution in [3.63, 3.8) is 0 Å². The molecule has 1 amide bonds. The highest BCUT2D eigenvalue weighted by Crippen LogP contribution is 2.32. The Morgan fingerprint density at radius 1 is 0.667 bits per heavy atom. The number of carbonyl (C=O) groups is 3. The molecular weight excluding hydrogens is 830 g/mol. The van der Waals surface area contributed by atoms with Crippen LogP contribution < -0.4 is 39.3 Å². The highest BCUT2D eigenvalue weighted by atomic mass is 16.7. The molecule has 22 heteroatoms. The number of likely N-dealkylation sites (N-methyl/N-ethyl adjacent to an activating group) is 1. The lowest BCUT2D eigenvalue weighted by molar-refractivity contribution is -0.346. The molecule has 0 aromatic heterocycles.